The molecule has 8 heteroatoms. The second-order valence-corrected chi connectivity index (χ2v) is 6.78. The number of aryl methyl sites for hydroxylation is 1. The molecule has 1 aromatic carbocycles. The van der Waals surface area contributed by atoms with Crippen LogP contribution in [0, 0.1) is 6.92 Å². The summed E-state index contributed by atoms with van der Waals surface area (Å²) in [7, 11) is 0. The Morgan fingerprint density at radius 2 is 2.23 bits per heavy atom. The number of hydrogen-bond donors (Lipinski definition) is 1. The Kier molecular flexibility index (Phi) is 4.49. The lowest BCUT2D eigenvalue weighted by Crippen LogP contribution is -2.34. The number of nitrogens with one attached hydrogen (secondary N) is 1. The predicted molar refractivity (Wildman–Crippen MR) is 96.9 cm³/mol. The number of amides is 1. The third-order valence-electron chi connectivity index (χ3n) is 4.00. The third kappa shape index (κ3) is 3.36. The molecule has 3 aromatic rings. The van der Waals surface area contributed by atoms with Crippen molar-refractivity contribution in [2.45, 2.75) is 13.5 Å². The van der Waals surface area contributed by atoms with Crippen LogP contribution in [-0.4, -0.2) is 29.5 Å². The van der Waals surface area contributed by atoms with Gasteiger partial charge in [0.05, 0.1) is 24.1 Å². The molecule has 0 spiro atoms. The smallest absolute Gasteiger partial charge is 0.265 e. The lowest BCUT2D eigenvalue weighted by atomic mass is 10.3. The van der Waals surface area contributed by atoms with Gasteiger partial charge >= 0.3 is 0 Å². The SMILES string of the molecule is Cc1[nH]ncc1N(Cc1cccs1)C(=O)COc1ccc2c(c1)OCO2. The fourth-order valence-corrected chi connectivity index (χ4v) is 3.36. The number of carbonyl (C=O) groups is 1. The van der Waals surface area contributed by atoms with Gasteiger partial charge in [-0.05, 0) is 30.5 Å². The summed E-state index contributed by atoms with van der Waals surface area (Å²) in [5.74, 6) is 1.70. The van der Waals surface area contributed by atoms with Crippen LogP contribution in [0.25, 0.3) is 0 Å². The highest BCUT2D eigenvalue weighted by Crippen LogP contribution is 2.35. The van der Waals surface area contributed by atoms with Crippen molar-refractivity contribution in [3.8, 4) is 17.2 Å². The van der Waals surface area contributed by atoms with Crippen LogP contribution in [0.4, 0.5) is 5.69 Å². The van der Waals surface area contributed by atoms with E-state index in [1.54, 1.807) is 40.6 Å². The minimum atomic E-state index is -0.152. The molecular formula is C18H17N3O4S. The van der Waals surface area contributed by atoms with E-state index >= 15 is 0 Å². The number of H-pyrrole nitrogens is 1. The van der Waals surface area contributed by atoms with Crippen LogP contribution in [0.5, 0.6) is 17.2 Å². The van der Waals surface area contributed by atoms with Crippen LogP contribution in [-0.2, 0) is 11.3 Å². The lowest BCUT2D eigenvalue weighted by Gasteiger charge is -2.21. The minimum absolute atomic E-state index is 0.0877. The summed E-state index contributed by atoms with van der Waals surface area (Å²) >= 11 is 1.60. The number of benzene rings is 1. The van der Waals surface area contributed by atoms with Gasteiger partial charge in [0.1, 0.15) is 5.75 Å². The summed E-state index contributed by atoms with van der Waals surface area (Å²) in [5.41, 5.74) is 1.58. The molecule has 1 amide bonds. The molecule has 4 rings (SSSR count). The number of aromatic amines is 1. The van der Waals surface area contributed by atoms with E-state index in [1.165, 1.54) is 0 Å². The highest BCUT2D eigenvalue weighted by molar-refractivity contribution is 7.09. The van der Waals surface area contributed by atoms with Crippen molar-refractivity contribution in [2.24, 2.45) is 0 Å². The monoisotopic (exact) mass is 371 g/mol. The first-order chi connectivity index (χ1) is 12.7. The molecule has 0 aliphatic carbocycles. The zero-order valence-electron chi connectivity index (χ0n) is 14.1. The Hall–Kier alpha value is -3.00. The van der Waals surface area contributed by atoms with Gasteiger partial charge < -0.3 is 19.1 Å². The average molecular weight is 371 g/mol. The van der Waals surface area contributed by atoms with E-state index in [2.05, 4.69) is 10.2 Å². The number of fused-ring (bicyclic) bond motifs is 1. The first-order valence-corrected chi connectivity index (χ1v) is 8.94. The van der Waals surface area contributed by atoms with E-state index in [1.807, 2.05) is 24.4 Å². The van der Waals surface area contributed by atoms with Gasteiger partial charge in [0.2, 0.25) is 6.79 Å². The quantitative estimate of drug-likeness (QED) is 0.720. The Balaban J connectivity index is 1.48. The van der Waals surface area contributed by atoms with Crippen LogP contribution in [0.1, 0.15) is 10.6 Å². The van der Waals surface area contributed by atoms with Gasteiger partial charge in [-0.25, -0.2) is 0 Å². The van der Waals surface area contributed by atoms with Crippen molar-refractivity contribution in [3.05, 3.63) is 52.5 Å². The molecular weight excluding hydrogens is 354 g/mol. The highest BCUT2D eigenvalue weighted by atomic mass is 32.1. The number of hydrogen-bond acceptors (Lipinski definition) is 6. The average Bonchev–Trinajstić information content (AvgIpc) is 3.39. The lowest BCUT2D eigenvalue weighted by molar-refractivity contribution is -0.120. The molecule has 0 radical (unpaired) electrons. The first-order valence-electron chi connectivity index (χ1n) is 8.06. The number of anilines is 1. The minimum Gasteiger partial charge on any atom is -0.484 e. The fraction of sp³-hybridized carbons (Fsp3) is 0.222. The van der Waals surface area contributed by atoms with E-state index < -0.39 is 0 Å². The highest BCUT2D eigenvalue weighted by Gasteiger charge is 2.21. The number of ether oxygens (including phenoxy) is 3. The summed E-state index contributed by atoms with van der Waals surface area (Å²) in [6, 6.07) is 9.22. The fourth-order valence-electron chi connectivity index (χ4n) is 2.67. The number of aromatic nitrogens is 2. The maximum absolute atomic E-state index is 12.8. The summed E-state index contributed by atoms with van der Waals surface area (Å²) in [4.78, 5) is 15.6. The zero-order chi connectivity index (χ0) is 17.9. The van der Waals surface area contributed by atoms with Gasteiger partial charge in [0, 0.05) is 10.9 Å². The molecule has 26 heavy (non-hydrogen) atoms. The molecule has 0 unspecified atom stereocenters. The predicted octanol–water partition coefficient (Wildman–Crippen LogP) is 3.12. The summed E-state index contributed by atoms with van der Waals surface area (Å²) in [5, 5.41) is 8.89. The van der Waals surface area contributed by atoms with Crippen LogP contribution >= 0.6 is 11.3 Å². The van der Waals surface area contributed by atoms with Crippen molar-refractivity contribution in [1.29, 1.82) is 0 Å². The number of carbonyl (C=O) groups excluding carboxylic acids is 1. The number of rotatable bonds is 6. The maximum atomic E-state index is 12.8. The van der Waals surface area contributed by atoms with Crippen LogP contribution in [0.15, 0.2) is 41.9 Å². The Morgan fingerprint density at radius 3 is 3.00 bits per heavy atom. The van der Waals surface area contributed by atoms with Crippen LogP contribution in [0.2, 0.25) is 0 Å². The molecule has 0 saturated carbocycles. The molecule has 7 nitrogen and oxygen atoms in total. The Morgan fingerprint density at radius 1 is 1.35 bits per heavy atom. The molecule has 0 atom stereocenters. The van der Waals surface area contributed by atoms with Crippen molar-refractivity contribution in [3.63, 3.8) is 0 Å². The van der Waals surface area contributed by atoms with E-state index in [9.17, 15) is 4.79 Å². The summed E-state index contributed by atoms with van der Waals surface area (Å²) < 4.78 is 16.3. The summed E-state index contributed by atoms with van der Waals surface area (Å²) in [6.45, 7) is 2.47. The second-order valence-electron chi connectivity index (χ2n) is 5.74. The van der Waals surface area contributed by atoms with Crippen molar-refractivity contribution < 1.29 is 19.0 Å². The molecule has 1 aliphatic rings. The molecule has 0 fully saturated rings. The third-order valence-corrected chi connectivity index (χ3v) is 4.86. The topological polar surface area (TPSA) is 76.7 Å². The second kappa shape index (κ2) is 7.09. The Labute approximate surface area is 154 Å². The van der Waals surface area contributed by atoms with E-state index in [4.69, 9.17) is 14.2 Å². The zero-order valence-corrected chi connectivity index (χ0v) is 14.9. The van der Waals surface area contributed by atoms with Crippen molar-refractivity contribution >= 4 is 22.9 Å². The number of thiophene rings is 1. The van der Waals surface area contributed by atoms with Crippen molar-refractivity contribution in [2.75, 3.05) is 18.3 Å². The molecule has 1 N–H and O–H groups in total. The molecule has 3 heterocycles. The normalized spacial score (nSPS) is 12.2. The standard InChI is InChI=1S/C18H17N3O4S/c1-12-15(8-19-20-12)21(9-14-3-2-6-26-14)18(22)10-23-13-4-5-16-17(7-13)25-11-24-16/h2-8H,9-11H2,1H3,(H,19,20). The molecule has 1 aliphatic heterocycles. The van der Waals surface area contributed by atoms with Crippen molar-refractivity contribution in [1.82, 2.24) is 10.2 Å². The van der Waals surface area contributed by atoms with Crippen LogP contribution in [0.3, 0.4) is 0 Å². The van der Waals surface area contributed by atoms with E-state index in [-0.39, 0.29) is 19.3 Å². The molecule has 2 aromatic heterocycles. The number of nitrogens with zero attached hydrogens (tertiary/aromatic N) is 2. The van der Waals surface area contributed by atoms with Gasteiger partial charge in [0.25, 0.3) is 5.91 Å². The summed E-state index contributed by atoms with van der Waals surface area (Å²) in [6.07, 6.45) is 1.65. The maximum Gasteiger partial charge on any atom is 0.265 e. The van der Waals surface area contributed by atoms with Gasteiger partial charge in [-0.15, -0.1) is 11.3 Å². The van der Waals surface area contributed by atoms with Crippen LogP contribution < -0.4 is 19.1 Å². The van der Waals surface area contributed by atoms with E-state index in [0.717, 1.165) is 16.3 Å². The van der Waals surface area contributed by atoms with E-state index in [0.29, 0.717) is 23.8 Å². The molecule has 0 saturated heterocycles. The molecule has 134 valence electrons. The van der Waals surface area contributed by atoms with Gasteiger partial charge in [-0.1, -0.05) is 6.07 Å². The molecule has 0 bridgehead atoms. The van der Waals surface area contributed by atoms with Gasteiger partial charge in [-0.3, -0.25) is 9.89 Å². The Bertz CT molecular complexity index is 907. The first kappa shape index (κ1) is 16.5. The largest absolute Gasteiger partial charge is 0.484 e. The van der Waals surface area contributed by atoms with Gasteiger partial charge in [-0.2, -0.15) is 5.10 Å². The van der Waals surface area contributed by atoms with Gasteiger partial charge in [0.15, 0.2) is 18.1 Å².